The normalized spacial score (nSPS) is 16.3. The zero-order chi connectivity index (χ0) is 23.2. The third-order valence-electron chi connectivity index (χ3n) is 5.62. The lowest BCUT2D eigenvalue weighted by atomic mass is 10.1. The number of carbonyl (C=O) groups excluding carboxylic acids is 2. The summed E-state index contributed by atoms with van der Waals surface area (Å²) in [5.74, 6) is 0.195. The van der Waals surface area contributed by atoms with Gasteiger partial charge in [0.15, 0.2) is 0 Å². The summed E-state index contributed by atoms with van der Waals surface area (Å²) in [6.45, 7) is 4.13. The van der Waals surface area contributed by atoms with Gasteiger partial charge in [0, 0.05) is 45.1 Å². The van der Waals surface area contributed by atoms with E-state index in [0.29, 0.717) is 30.9 Å². The molecule has 3 heterocycles. The zero-order valence-corrected chi connectivity index (χ0v) is 18.8. The minimum atomic E-state index is -0.617. The second-order valence-electron chi connectivity index (χ2n) is 7.94. The summed E-state index contributed by atoms with van der Waals surface area (Å²) in [5.41, 5.74) is 2.34. The molecule has 0 unspecified atom stereocenters. The van der Waals surface area contributed by atoms with Gasteiger partial charge in [0.2, 0.25) is 11.8 Å². The Balaban J connectivity index is 1.54. The molecule has 170 valence electrons. The number of likely N-dealkylation sites (N-methyl/N-ethyl adjacent to an activating group) is 1. The standard InChI is InChI=1S/C25H27N5O3/c1-18-10-11-20(15-28-18)33-24-21(9-6-12-27-24)25(32)30-14-13-29(17-22(30)23(31)26-2)16-19-7-4-3-5-8-19/h3-12,15,22H,13-14,16-17H2,1-2H3,(H,26,31)/t22-/m1/s1. The molecule has 3 aromatic rings. The lowest BCUT2D eigenvalue weighted by Crippen LogP contribution is -2.60. The summed E-state index contributed by atoms with van der Waals surface area (Å²) in [7, 11) is 1.59. The maximum atomic E-state index is 13.6. The number of rotatable bonds is 6. The third-order valence-corrected chi connectivity index (χ3v) is 5.62. The fourth-order valence-corrected chi connectivity index (χ4v) is 3.87. The molecule has 1 atom stereocenters. The van der Waals surface area contributed by atoms with Gasteiger partial charge < -0.3 is 15.0 Å². The van der Waals surface area contributed by atoms with Crippen LogP contribution >= 0.6 is 0 Å². The van der Waals surface area contributed by atoms with Crippen molar-refractivity contribution < 1.29 is 14.3 Å². The van der Waals surface area contributed by atoms with Gasteiger partial charge in [-0.2, -0.15) is 0 Å². The second-order valence-corrected chi connectivity index (χ2v) is 7.94. The first-order valence-corrected chi connectivity index (χ1v) is 10.9. The van der Waals surface area contributed by atoms with Gasteiger partial charge in [0.1, 0.15) is 17.4 Å². The van der Waals surface area contributed by atoms with Gasteiger partial charge in [-0.1, -0.05) is 30.3 Å². The van der Waals surface area contributed by atoms with Crippen molar-refractivity contribution in [3.8, 4) is 11.6 Å². The topological polar surface area (TPSA) is 87.7 Å². The average Bonchev–Trinajstić information content (AvgIpc) is 2.85. The van der Waals surface area contributed by atoms with Crippen molar-refractivity contribution in [1.82, 2.24) is 25.1 Å². The number of pyridine rings is 2. The quantitative estimate of drug-likeness (QED) is 0.628. The molecule has 1 aliphatic heterocycles. The van der Waals surface area contributed by atoms with Crippen molar-refractivity contribution in [3.63, 3.8) is 0 Å². The van der Waals surface area contributed by atoms with E-state index in [-0.39, 0.29) is 17.7 Å². The van der Waals surface area contributed by atoms with Crippen LogP contribution in [0.2, 0.25) is 0 Å². The maximum absolute atomic E-state index is 13.6. The summed E-state index contributed by atoms with van der Waals surface area (Å²) >= 11 is 0. The number of nitrogens with zero attached hydrogens (tertiary/aromatic N) is 4. The van der Waals surface area contributed by atoms with Crippen LogP contribution in [0.15, 0.2) is 67.0 Å². The predicted octanol–water partition coefficient (Wildman–Crippen LogP) is 2.65. The summed E-state index contributed by atoms with van der Waals surface area (Å²) < 4.78 is 5.87. The van der Waals surface area contributed by atoms with E-state index in [4.69, 9.17) is 4.74 Å². The van der Waals surface area contributed by atoms with E-state index in [1.165, 1.54) is 5.56 Å². The number of benzene rings is 1. The molecule has 1 saturated heterocycles. The van der Waals surface area contributed by atoms with Crippen molar-refractivity contribution in [3.05, 3.63) is 83.8 Å². The van der Waals surface area contributed by atoms with Gasteiger partial charge in [0.25, 0.3) is 5.91 Å². The molecule has 2 amide bonds. The van der Waals surface area contributed by atoms with Crippen LogP contribution in [-0.2, 0) is 11.3 Å². The molecule has 1 N–H and O–H groups in total. The Labute approximate surface area is 193 Å². The molecular formula is C25H27N5O3. The molecule has 0 spiro atoms. The highest BCUT2D eigenvalue weighted by molar-refractivity contribution is 5.99. The molecule has 1 aliphatic rings. The molecule has 8 nitrogen and oxygen atoms in total. The Morgan fingerprint density at radius 3 is 2.61 bits per heavy atom. The van der Waals surface area contributed by atoms with E-state index < -0.39 is 6.04 Å². The summed E-state index contributed by atoms with van der Waals surface area (Å²) in [6, 6.07) is 16.4. The minimum Gasteiger partial charge on any atom is -0.437 e. The van der Waals surface area contributed by atoms with E-state index in [1.54, 1.807) is 42.5 Å². The van der Waals surface area contributed by atoms with Crippen molar-refractivity contribution >= 4 is 11.8 Å². The van der Waals surface area contributed by atoms with Crippen LogP contribution in [0.1, 0.15) is 21.6 Å². The fraction of sp³-hybridized carbons (Fsp3) is 0.280. The predicted molar refractivity (Wildman–Crippen MR) is 124 cm³/mol. The molecule has 4 rings (SSSR count). The van der Waals surface area contributed by atoms with E-state index in [1.807, 2.05) is 31.2 Å². The van der Waals surface area contributed by atoms with Gasteiger partial charge in [-0.15, -0.1) is 0 Å². The second kappa shape index (κ2) is 10.2. The van der Waals surface area contributed by atoms with E-state index in [0.717, 1.165) is 12.2 Å². The Bertz CT molecular complexity index is 1100. The van der Waals surface area contributed by atoms with Crippen LogP contribution in [0.25, 0.3) is 0 Å². The van der Waals surface area contributed by atoms with Crippen LogP contribution in [0.3, 0.4) is 0 Å². The Hall–Kier alpha value is -3.78. The number of aryl methyl sites for hydroxylation is 1. The zero-order valence-electron chi connectivity index (χ0n) is 18.8. The van der Waals surface area contributed by atoms with Crippen molar-refractivity contribution in [2.75, 3.05) is 26.7 Å². The van der Waals surface area contributed by atoms with Gasteiger partial charge in [0.05, 0.1) is 6.20 Å². The highest BCUT2D eigenvalue weighted by atomic mass is 16.5. The number of ether oxygens (including phenoxy) is 1. The lowest BCUT2D eigenvalue weighted by Gasteiger charge is -2.40. The van der Waals surface area contributed by atoms with Crippen molar-refractivity contribution in [2.24, 2.45) is 0 Å². The first-order valence-electron chi connectivity index (χ1n) is 10.9. The molecule has 8 heteroatoms. The maximum Gasteiger partial charge on any atom is 0.260 e. The van der Waals surface area contributed by atoms with Gasteiger partial charge in [-0.25, -0.2) is 4.98 Å². The number of piperazine rings is 1. The molecule has 0 radical (unpaired) electrons. The summed E-state index contributed by atoms with van der Waals surface area (Å²) in [6.07, 6.45) is 3.16. The SMILES string of the molecule is CNC(=O)[C@H]1CN(Cc2ccccc2)CCN1C(=O)c1cccnc1Oc1ccc(C)nc1. The molecule has 2 aromatic heterocycles. The molecular weight excluding hydrogens is 418 g/mol. The van der Waals surface area contributed by atoms with Gasteiger partial charge >= 0.3 is 0 Å². The number of nitrogens with one attached hydrogen (secondary N) is 1. The van der Waals surface area contributed by atoms with E-state index in [9.17, 15) is 9.59 Å². The largest absolute Gasteiger partial charge is 0.437 e. The van der Waals surface area contributed by atoms with Crippen LogP contribution in [0, 0.1) is 6.92 Å². The van der Waals surface area contributed by atoms with E-state index >= 15 is 0 Å². The lowest BCUT2D eigenvalue weighted by molar-refractivity contribution is -0.127. The van der Waals surface area contributed by atoms with Gasteiger partial charge in [-0.05, 0) is 36.8 Å². The van der Waals surface area contributed by atoms with E-state index in [2.05, 4.69) is 32.3 Å². The molecule has 0 bridgehead atoms. The molecule has 0 aliphatic carbocycles. The number of amides is 2. The summed E-state index contributed by atoms with van der Waals surface area (Å²) in [4.78, 5) is 38.6. The smallest absolute Gasteiger partial charge is 0.260 e. The Morgan fingerprint density at radius 2 is 1.88 bits per heavy atom. The van der Waals surface area contributed by atoms with Crippen LogP contribution in [0.5, 0.6) is 11.6 Å². The number of aromatic nitrogens is 2. The summed E-state index contributed by atoms with van der Waals surface area (Å²) in [5, 5.41) is 2.70. The average molecular weight is 446 g/mol. The third kappa shape index (κ3) is 5.35. The minimum absolute atomic E-state index is 0.190. The molecule has 0 saturated carbocycles. The molecule has 33 heavy (non-hydrogen) atoms. The highest BCUT2D eigenvalue weighted by Gasteiger charge is 2.36. The number of hydrogen-bond acceptors (Lipinski definition) is 6. The van der Waals surface area contributed by atoms with Crippen LogP contribution < -0.4 is 10.1 Å². The van der Waals surface area contributed by atoms with Gasteiger partial charge in [-0.3, -0.25) is 19.5 Å². The monoisotopic (exact) mass is 445 g/mol. The fourth-order valence-electron chi connectivity index (χ4n) is 3.87. The Morgan fingerprint density at radius 1 is 1.06 bits per heavy atom. The molecule has 1 fully saturated rings. The van der Waals surface area contributed by atoms with Crippen molar-refractivity contribution in [1.29, 1.82) is 0 Å². The number of carbonyl (C=O) groups is 2. The first-order chi connectivity index (χ1) is 16.0. The highest BCUT2D eigenvalue weighted by Crippen LogP contribution is 2.25. The van der Waals surface area contributed by atoms with Crippen molar-refractivity contribution in [2.45, 2.75) is 19.5 Å². The van der Waals surface area contributed by atoms with Crippen LogP contribution in [-0.4, -0.2) is 64.3 Å². The molecule has 1 aromatic carbocycles. The van der Waals surface area contributed by atoms with Crippen LogP contribution in [0.4, 0.5) is 0 Å². The number of hydrogen-bond donors (Lipinski definition) is 1. The first kappa shape index (κ1) is 22.4. The Kier molecular flexibility index (Phi) is 6.95.